The molecule has 1 unspecified atom stereocenters. The predicted molar refractivity (Wildman–Crippen MR) is 114 cm³/mol. The van der Waals surface area contributed by atoms with E-state index in [0.717, 1.165) is 35.1 Å². The number of rotatable bonds is 6. The van der Waals surface area contributed by atoms with Crippen LogP contribution >= 0.6 is 0 Å². The van der Waals surface area contributed by atoms with Crippen LogP contribution in [0.4, 0.5) is 0 Å². The fourth-order valence-corrected chi connectivity index (χ4v) is 4.31. The number of aromatic nitrogens is 3. The molecule has 5 rings (SSSR count). The molecule has 2 aliphatic carbocycles. The van der Waals surface area contributed by atoms with Crippen LogP contribution in [-0.4, -0.2) is 37.7 Å². The molecule has 2 heterocycles. The van der Waals surface area contributed by atoms with Crippen LogP contribution in [0.25, 0.3) is 11.0 Å². The van der Waals surface area contributed by atoms with E-state index in [1.165, 1.54) is 24.0 Å². The minimum atomic E-state index is 0.150. The third-order valence-corrected chi connectivity index (χ3v) is 6.34. The summed E-state index contributed by atoms with van der Waals surface area (Å²) in [6.07, 6.45) is 6.56. The molecule has 2 aromatic heterocycles. The fraction of sp³-hybridized carbons (Fsp3) is 0.458. The van der Waals surface area contributed by atoms with E-state index in [1.807, 2.05) is 23.9 Å². The molecule has 5 heteroatoms. The van der Waals surface area contributed by atoms with Gasteiger partial charge in [0.25, 0.3) is 5.91 Å². The molecule has 150 valence electrons. The number of carbonyl (C=O) groups is 1. The highest BCUT2D eigenvalue weighted by atomic mass is 16.2. The maximum atomic E-state index is 13.6. The Bertz CT molecular complexity index is 1060. The fourth-order valence-electron chi connectivity index (χ4n) is 4.31. The van der Waals surface area contributed by atoms with Crippen LogP contribution in [0.2, 0.25) is 0 Å². The number of pyridine rings is 1. The van der Waals surface area contributed by atoms with Crippen LogP contribution < -0.4 is 0 Å². The second-order valence-corrected chi connectivity index (χ2v) is 8.86. The maximum Gasteiger partial charge on any atom is 0.255 e. The van der Waals surface area contributed by atoms with E-state index in [2.05, 4.69) is 48.1 Å². The van der Waals surface area contributed by atoms with Gasteiger partial charge in [-0.25, -0.2) is 9.67 Å². The molecule has 0 aliphatic heterocycles. The third-order valence-electron chi connectivity index (χ3n) is 6.34. The Kier molecular flexibility index (Phi) is 4.41. The van der Waals surface area contributed by atoms with E-state index in [1.54, 1.807) is 0 Å². The van der Waals surface area contributed by atoms with Crippen LogP contribution in [0.3, 0.4) is 0 Å². The number of aryl methyl sites for hydroxylation is 2. The van der Waals surface area contributed by atoms with Crippen LogP contribution in [0, 0.1) is 19.8 Å². The Balaban J connectivity index is 1.51. The van der Waals surface area contributed by atoms with Gasteiger partial charge in [0, 0.05) is 17.8 Å². The number of benzene rings is 1. The van der Waals surface area contributed by atoms with Gasteiger partial charge in [-0.1, -0.05) is 29.8 Å². The van der Waals surface area contributed by atoms with Crippen LogP contribution in [0.5, 0.6) is 0 Å². The van der Waals surface area contributed by atoms with E-state index in [-0.39, 0.29) is 5.91 Å². The Hall–Kier alpha value is -2.69. The molecule has 0 spiro atoms. The van der Waals surface area contributed by atoms with Gasteiger partial charge in [-0.3, -0.25) is 4.79 Å². The molecule has 2 saturated carbocycles. The SMILES string of the molecule is Cc1ccc(Cn2ncc3c(C(=O)N(C4CC4)C(C)C4CC4)cc(C)nc32)cc1. The largest absolute Gasteiger partial charge is 0.333 e. The van der Waals surface area contributed by atoms with Gasteiger partial charge in [-0.2, -0.15) is 5.10 Å². The molecular formula is C24H28N4O. The van der Waals surface area contributed by atoms with Gasteiger partial charge < -0.3 is 4.90 Å². The summed E-state index contributed by atoms with van der Waals surface area (Å²) in [4.78, 5) is 20.5. The molecule has 5 nitrogen and oxygen atoms in total. The lowest BCUT2D eigenvalue weighted by atomic mass is 10.1. The molecule has 0 saturated heterocycles. The van der Waals surface area contributed by atoms with Crippen molar-refractivity contribution in [2.24, 2.45) is 5.92 Å². The lowest BCUT2D eigenvalue weighted by Crippen LogP contribution is -2.41. The van der Waals surface area contributed by atoms with Crippen molar-refractivity contribution in [3.8, 4) is 0 Å². The molecule has 3 aromatic rings. The van der Waals surface area contributed by atoms with E-state index >= 15 is 0 Å². The Morgan fingerprint density at radius 1 is 1.17 bits per heavy atom. The van der Waals surface area contributed by atoms with Gasteiger partial charge in [0.2, 0.25) is 0 Å². The van der Waals surface area contributed by atoms with Crippen molar-refractivity contribution in [3.05, 3.63) is 58.9 Å². The summed E-state index contributed by atoms with van der Waals surface area (Å²) in [6.45, 7) is 6.92. The first-order valence-electron chi connectivity index (χ1n) is 10.7. The van der Waals surface area contributed by atoms with Crippen molar-refractivity contribution in [2.45, 2.75) is 65.1 Å². The summed E-state index contributed by atoms with van der Waals surface area (Å²) in [5, 5.41) is 5.46. The zero-order valence-electron chi connectivity index (χ0n) is 17.4. The van der Waals surface area contributed by atoms with Gasteiger partial charge >= 0.3 is 0 Å². The molecular weight excluding hydrogens is 360 g/mol. The van der Waals surface area contributed by atoms with Crippen molar-refractivity contribution >= 4 is 16.9 Å². The van der Waals surface area contributed by atoms with E-state index in [4.69, 9.17) is 4.98 Å². The summed E-state index contributed by atoms with van der Waals surface area (Å²) in [5.74, 6) is 0.819. The summed E-state index contributed by atoms with van der Waals surface area (Å²) >= 11 is 0. The summed E-state index contributed by atoms with van der Waals surface area (Å²) in [7, 11) is 0. The standard InChI is InChI=1S/C24H28N4O/c1-15-4-6-18(7-5-15)14-27-23-22(13-25-27)21(12-16(2)26-23)24(29)28(20-10-11-20)17(3)19-8-9-19/h4-7,12-13,17,19-20H,8-11,14H2,1-3H3. The first-order chi connectivity index (χ1) is 14.0. The zero-order valence-corrected chi connectivity index (χ0v) is 17.4. The smallest absolute Gasteiger partial charge is 0.255 e. The van der Waals surface area contributed by atoms with Gasteiger partial charge in [0.15, 0.2) is 5.65 Å². The summed E-state index contributed by atoms with van der Waals surface area (Å²) in [6, 6.07) is 11.1. The van der Waals surface area contributed by atoms with Crippen LogP contribution in [0.1, 0.15) is 59.8 Å². The van der Waals surface area contributed by atoms with Gasteiger partial charge in [0.1, 0.15) is 0 Å². The van der Waals surface area contributed by atoms with Crippen LogP contribution in [0.15, 0.2) is 36.5 Å². The molecule has 2 aliphatic rings. The highest BCUT2D eigenvalue weighted by Crippen LogP contribution is 2.40. The topological polar surface area (TPSA) is 51.0 Å². The second-order valence-electron chi connectivity index (χ2n) is 8.86. The number of hydrogen-bond donors (Lipinski definition) is 0. The summed E-state index contributed by atoms with van der Waals surface area (Å²) < 4.78 is 1.91. The number of amides is 1. The second kappa shape index (κ2) is 6.97. The lowest BCUT2D eigenvalue weighted by Gasteiger charge is -2.30. The average Bonchev–Trinajstić information content (AvgIpc) is 3.62. The number of hydrogen-bond acceptors (Lipinski definition) is 3. The highest BCUT2D eigenvalue weighted by molar-refractivity contribution is 6.05. The molecule has 29 heavy (non-hydrogen) atoms. The molecule has 0 bridgehead atoms. The monoisotopic (exact) mass is 388 g/mol. The Morgan fingerprint density at radius 2 is 1.90 bits per heavy atom. The number of nitrogens with zero attached hydrogens (tertiary/aromatic N) is 4. The molecule has 2 fully saturated rings. The Morgan fingerprint density at radius 3 is 2.55 bits per heavy atom. The molecule has 1 atom stereocenters. The first kappa shape index (κ1) is 18.3. The van der Waals surface area contributed by atoms with E-state index in [9.17, 15) is 4.79 Å². The van der Waals surface area contributed by atoms with Crippen molar-refractivity contribution in [3.63, 3.8) is 0 Å². The molecule has 0 N–H and O–H groups in total. The molecule has 1 aromatic carbocycles. The quantitative estimate of drug-likeness (QED) is 0.625. The van der Waals surface area contributed by atoms with E-state index < -0.39 is 0 Å². The van der Waals surface area contributed by atoms with Crippen molar-refractivity contribution < 1.29 is 4.79 Å². The van der Waals surface area contributed by atoms with Crippen molar-refractivity contribution in [2.75, 3.05) is 0 Å². The Labute approximate surface area is 171 Å². The maximum absolute atomic E-state index is 13.6. The third kappa shape index (κ3) is 3.54. The van der Waals surface area contributed by atoms with Gasteiger partial charge in [-0.15, -0.1) is 0 Å². The summed E-state index contributed by atoms with van der Waals surface area (Å²) in [5.41, 5.74) is 4.83. The number of carbonyl (C=O) groups excluding carboxylic acids is 1. The average molecular weight is 389 g/mol. The normalized spacial score (nSPS) is 17.5. The molecule has 1 amide bonds. The van der Waals surface area contributed by atoms with Crippen LogP contribution in [-0.2, 0) is 6.54 Å². The van der Waals surface area contributed by atoms with Crippen molar-refractivity contribution in [1.29, 1.82) is 0 Å². The predicted octanol–water partition coefficient (Wildman–Crippen LogP) is 4.50. The lowest BCUT2D eigenvalue weighted by molar-refractivity contribution is 0.0656. The molecule has 0 radical (unpaired) electrons. The zero-order chi connectivity index (χ0) is 20.1. The van der Waals surface area contributed by atoms with Crippen molar-refractivity contribution in [1.82, 2.24) is 19.7 Å². The van der Waals surface area contributed by atoms with Gasteiger partial charge in [-0.05, 0) is 64.0 Å². The van der Waals surface area contributed by atoms with Gasteiger partial charge in [0.05, 0.1) is 23.7 Å². The first-order valence-corrected chi connectivity index (χ1v) is 10.7. The van der Waals surface area contributed by atoms with E-state index in [0.29, 0.717) is 24.5 Å². The minimum Gasteiger partial charge on any atom is -0.333 e. The number of fused-ring (bicyclic) bond motifs is 1. The minimum absolute atomic E-state index is 0.150. The highest BCUT2D eigenvalue weighted by Gasteiger charge is 2.42.